The number of aromatic amines is 1. The van der Waals surface area contributed by atoms with Gasteiger partial charge in [0, 0.05) is 12.6 Å². The Morgan fingerprint density at radius 3 is 2.65 bits per heavy atom. The third-order valence-electron chi connectivity index (χ3n) is 2.61. The van der Waals surface area contributed by atoms with Crippen LogP contribution < -0.4 is 11.3 Å². The van der Waals surface area contributed by atoms with Gasteiger partial charge in [-0.25, -0.2) is 4.68 Å². The van der Waals surface area contributed by atoms with E-state index in [4.69, 9.17) is 5.73 Å². The first-order valence-electron chi connectivity index (χ1n) is 5.39. The van der Waals surface area contributed by atoms with Crippen LogP contribution in [-0.2, 0) is 0 Å². The molecule has 0 amide bonds. The van der Waals surface area contributed by atoms with Gasteiger partial charge in [-0.15, -0.1) is 0 Å². The number of nitrogens with two attached hydrogens (primary N) is 1. The summed E-state index contributed by atoms with van der Waals surface area (Å²) in [5.74, 6) is 0. The Labute approximate surface area is 98.5 Å². The third-order valence-corrected chi connectivity index (χ3v) is 2.61. The zero-order valence-electron chi connectivity index (χ0n) is 9.55. The minimum Gasteiger partial charge on any atom is -0.385 e. The normalized spacial score (nSPS) is 12.6. The molecule has 0 saturated carbocycles. The van der Waals surface area contributed by atoms with Gasteiger partial charge in [0.05, 0.1) is 11.4 Å². The summed E-state index contributed by atoms with van der Waals surface area (Å²) in [6.07, 6.45) is -0.839. The number of rotatable bonds is 3. The van der Waals surface area contributed by atoms with Gasteiger partial charge in [-0.1, -0.05) is 17.7 Å². The molecule has 90 valence electrons. The lowest BCUT2D eigenvalue weighted by Gasteiger charge is -2.05. The van der Waals surface area contributed by atoms with Crippen molar-refractivity contribution in [1.82, 2.24) is 9.78 Å². The Morgan fingerprint density at radius 1 is 1.41 bits per heavy atom. The molecule has 0 aliphatic carbocycles. The molecule has 5 heteroatoms. The molecule has 0 aliphatic rings. The fraction of sp³-hybridized carbons (Fsp3) is 0.250. The third kappa shape index (κ3) is 2.30. The largest absolute Gasteiger partial charge is 0.385 e. The van der Waals surface area contributed by atoms with Crippen molar-refractivity contribution in [3.05, 3.63) is 51.9 Å². The molecule has 0 saturated heterocycles. The van der Waals surface area contributed by atoms with Crippen molar-refractivity contribution in [3.63, 3.8) is 0 Å². The van der Waals surface area contributed by atoms with Gasteiger partial charge in [-0.05, 0) is 19.1 Å². The van der Waals surface area contributed by atoms with Crippen LogP contribution in [0.2, 0.25) is 0 Å². The smallest absolute Gasteiger partial charge is 0.271 e. The number of nitrogens with one attached hydrogen (secondary N) is 1. The molecule has 0 aliphatic heterocycles. The number of hydrogen-bond donors (Lipinski definition) is 3. The molecule has 17 heavy (non-hydrogen) atoms. The van der Waals surface area contributed by atoms with Gasteiger partial charge in [0.15, 0.2) is 0 Å². The Kier molecular flexibility index (Phi) is 3.12. The maximum Gasteiger partial charge on any atom is 0.271 e. The first-order valence-corrected chi connectivity index (χ1v) is 5.39. The van der Waals surface area contributed by atoms with E-state index >= 15 is 0 Å². The quantitative estimate of drug-likeness (QED) is 0.720. The number of aromatic nitrogens is 2. The predicted molar refractivity (Wildman–Crippen MR) is 65.1 cm³/mol. The van der Waals surface area contributed by atoms with Crippen molar-refractivity contribution >= 4 is 0 Å². The average molecular weight is 233 g/mol. The fourth-order valence-corrected chi connectivity index (χ4v) is 1.60. The van der Waals surface area contributed by atoms with E-state index in [0.29, 0.717) is 5.69 Å². The maximum absolute atomic E-state index is 11.7. The van der Waals surface area contributed by atoms with E-state index in [9.17, 15) is 9.90 Å². The molecule has 0 fully saturated rings. The van der Waals surface area contributed by atoms with Crippen LogP contribution in [0.5, 0.6) is 0 Å². The van der Waals surface area contributed by atoms with Gasteiger partial charge in [0.25, 0.3) is 5.56 Å². The molecule has 1 unspecified atom stereocenters. The molecule has 1 aromatic heterocycles. The first-order chi connectivity index (χ1) is 8.11. The highest BCUT2D eigenvalue weighted by Crippen LogP contribution is 2.10. The molecule has 1 atom stereocenters. The highest BCUT2D eigenvalue weighted by atomic mass is 16.3. The first kappa shape index (κ1) is 11.6. The van der Waals surface area contributed by atoms with Crippen molar-refractivity contribution < 1.29 is 5.11 Å². The predicted octanol–water partition coefficient (Wildman–Crippen LogP) is 0.466. The van der Waals surface area contributed by atoms with Crippen LogP contribution in [0.25, 0.3) is 5.69 Å². The van der Waals surface area contributed by atoms with E-state index in [1.807, 2.05) is 31.2 Å². The number of aryl methyl sites for hydroxylation is 1. The van der Waals surface area contributed by atoms with Gasteiger partial charge in [0.2, 0.25) is 0 Å². The van der Waals surface area contributed by atoms with Crippen molar-refractivity contribution in [2.24, 2.45) is 5.73 Å². The Hall–Kier alpha value is -1.85. The van der Waals surface area contributed by atoms with Crippen LogP contribution in [0.15, 0.2) is 35.1 Å². The Bertz CT molecular complexity index is 554. The van der Waals surface area contributed by atoms with Crippen molar-refractivity contribution in [2.45, 2.75) is 13.0 Å². The summed E-state index contributed by atoms with van der Waals surface area (Å²) in [5, 5.41) is 12.4. The zero-order valence-corrected chi connectivity index (χ0v) is 9.55. The second-order valence-corrected chi connectivity index (χ2v) is 3.97. The van der Waals surface area contributed by atoms with Gasteiger partial charge < -0.3 is 10.8 Å². The number of hydrogen-bond acceptors (Lipinski definition) is 3. The lowest BCUT2D eigenvalue weighted by atomic mass is 10.2. The fourth-order valence-electron chi connectivity index (χ4n) is 1.60. The van der Waals surface area contributed by atoms with Gasteiger partial charge in [-0.2, -0.15) is 0 Å². The van der Waals surface area contributed by atoms with Crippen LogP contribution in [0.1, 0.15) is 17.4 Å². The molecular formula is C12H15N3O2. The number of aliphatic hydroxyl groups is 1. The zero-order chi connectivity index (χ0) is 12.4. The van der Waals surface area contributed by atoms with Crippen molar-refractivity contribution in [2.75, 3.05) is 6.54 Å². The standard InChI is InChI=1S/C12H15N3O2/c1-8-2-4-9(5-3-8)15-12(17)6-10(14-15)11(16)7-13/h2-6,11,14,16H,7,13H2,1H3. The molecule has 1 aromatic carbocycles. The molecule has 0 spiro atoms. The monoisotopic (exact) mass is 233 g/mol. The molecule has 0 bridgehead atoms. The number of H-pyrrole nitrogens is 1. The molecule has 4 N–H and O–H groups in total. The topological polar surface area (TPSA) is 84.0 Å². The Balaban J connectivity index is 2.42. The molecule has 2 aromatic rings. The summed E-state index contributed by atoms with van der Waals surface area (Å²) in [4.78, 5) is 11.7. The van der Waals surface area contributed by atoms with E-state index in [2.05, 4.69) is 5.10 Å². The number of nitrogens with zero attached hydrogens (tertiary/aromatic N) is 1. The second kappa shape index (κ2) is 4.57. The van der Waals surface area contributed by atoms with Crippen LogP contribution in [0, 0.1) is 6.92 Å². The van der Waals surface area contributed by atoms with E-state index < -0.39 is 6.10 Å². The summed E-state index contributed by atoms with van der Waals surface area (Å²) in [6.45, 7) is 2.05. The highest BCUT2D eigenvalue weighted by Gasteiger charge is 2.11. The maximum atomic E-state index is 11.7. The number of aliphatic hydroxyl groups excluding tert-OH is 1. The minimum atomic E-state index is -0.839. The molecule has 2 rings (SSSR count). The lowest BCUT2D eigenvalue weighted by molar-refractivity contribution is 0.181. The SMILES string of the molecule is Cc1ccc(-n2[nH]c(C(O)CN)cc2=O)cc1. The number of benzene rings is 1. The van der Waals surface area contributed by atoms with Crippen LogP contribution in [-0.4, -0.2) is 21.4 Å². The lowest BCUT2D eigenvalue weighted by Crippen LogP contribution is -2.14. The Morgan fingerprint density at radius 2 is 2.06 bits per heavy atom. The summed E-state index contributed by atoms with van der Waals surface area (Å²) in [5.41, 5.74) is 7.41. The molecule has 5 nitrogen and oxygen atoms in total. The van der Waals surface area contributed by atoms with Gasteiger partial charge in [0.1, 0.15) is 6.10 Å². The van der Waals surface area contributed by atoms with Crippen LogP contribution in [0.3, 0.4) is 0 Å². The van der Waals surface area contributed by atoms with E-state index in [1.54, 1.807) is 0 Å². The van der Waals surface area contributed by atoms with Crippen LogP contribution >= 0.6 is 0 Å². The molecule has 0 radical (unpaired) electrons. The average Bonchev–Trinajstić information content (AvgIpc) is 2.71. The molecule has 1 heterocycles. The summed E-state index contributed by atoms with van der Waals surface area (Å²) in [7, 11) is 0. The van der Waals surface area contributed by atoms with Crippen molar-refractivity contribution in [1.29, 1.82) is 0 Å². The highest BCUT2D eigenvalue weighted by molar-refractivity contribution is 5.33. The summed E-state index contributed by atoms with van der Waals surface area (Å²) < 4.78 is 1.38. The van der Waals surface area contributed by atoms with Gasteiger partial charge >= 0.3 is 0 Å². The van der Waals surface area contributed by atoms with E-state index in [-0.39, 0.29) is 12.1 Å². The summed E-state index contributed by atoms with van der Waals surface area (Å²) >= 11 is 0. The van der Waals surface area contributed by atoms with Gasteiger partial charge in [-0.3, -0.25) is 9.89 Å². The molecular weight excluding hydrogens is 218 g/mol. The van der Waals surface area contributed by atoms with Crippen molar-refractivity contribution in [3.8, 4) is 5.69 Å². The second-order valence-electron chi connectivity index (χ2n) is 3.97. The van der Waals surface area contributed by atoms with E-state index in [1.165, 1.54) is 10.7 Å². The summed E-state index contributed by atoms with van der Waals surface area (Å²) in [6, 6.07) is 8.87. The van der Waals surface area contributed by atoms with Crippen LogP contribution in [0.4, 0.5) is 0 Å². The van der Waals surface area contributed by atoms with E-state index in [0.717, 1.165) is 11.3 Å². The minimum absolute atomic E-state index is 0.0772.